The van der Waals surface area contributed by atoms with E-state index in [0.717, 1.165) is 52.1 Å². The first-order valence-corrected chi connectivity index (χ1v) is 12.4. The highest BCUT2D eigenvalue weighted by Gasteiger charge is 2.33. The van der Waals surface area contributed by atoms with Crippen LogP contribution in [0.4, 0.5) is 0 Å². The Morgan fingerprint density at radius 1 is 1.16 bits per heavy atom. The minimum absolute atomic E-state index is 0.0509. The van der Waals surface area contributed by atoms with E-state index >= 15 is 0 Å². The summed E-state index contributed by atoms with van der Waals surface area (Å²) in [5.41, 5.74) is 6.36. The summed E-state index contributed by atoms with van der Waals surface area (Å²) < 4.78 is 17.8. The normalized spacial score (nSPS) is 14.2. The zero-order valence-electron chi connectivity index (χ0n) is 20.9. The number of aryl methyl sites for hydroxylation is 4. The van der Waals surface area contributed by atoms with Gasteiger partial charge in [-0.25, -0.2) is 14.8 Å². The van der Waals surface area contributed by atoms with Crippen molar-refractivity contribution in [3.8, 4) is 28.8 Å². The quantitative estimate of drug-likeness (QED) is 0.242. The molecule has 0 unspecified atom stereocenters. The monoisotopic (exact) mass is 512 g/mol. The fourth-order valence-electron chi connectivity index (χ4n) is 4.83. The van der Waals surface area contributed by atoms with Gasteiger partial charge in [0.1, 0.15) is 40.0 Å². The number of aromatic nitrogens is 3. The Morgan fingerprint density at radius 2 is 1.95 bits per heavy atom. The second-order valence-corrected chi connectivity index (χ2v) is 9.65. The Kier molecular flexibility index (Phi) is 5.86. The molecule has 2 aromatic carbocycles. The van der Waals surface area contributed by atoms with E-state index in [4.69, 9.17) is 14.0 Å². The van der Waals surface area contributed by atoms with E-state index in [1.165, 1.54) is 18.3 Å². The number of ether oxygens (including phenoxy) is 2. The number of hydrogen-bond acceptors (Lipinski definition) is 9. The van der Waals surface area contributed by atoms with Crippen LogP contribution in [-0.4, -0.2) is 26.0 Å². The number of fused-ring (bicyclic) bond motifs is 2. The highest BCUT2D eigenvalue weighted by atomic mass is 16.6. The van der Waals surface area contributed by atoms with Crippen molar-refractivity contribution >= 4 is 5.91 Å². The van der Waals surface area contributed by atoms with Gasteiger partial charge in [-0.1, -0.05) is 29.4 Å². The van der Waals surface area contributed by atoms with Gasteiger partial charge in [0.25, 0.3) is 0 Å². The van der Waals surface area contributed by atoms with Crippen molar-refractivity contribution in [1.29, 1.82) is 0 Å². The molecule has 2 aromatic heterocycles. The van der Waals surface area contributed by atoms with Gasteiger partial charge in [0, 0.05) is 11.5 Å². The Morgan fingerprint density at radius 3 is 2.68 bits per heavy atom. The third-order valence-corrected chi connectivity index (χ3v) is 6.95. The van der Waals surface area contributed by atoms with Gasteiger partial charge in [0.2, 0.25) is 11.8 Å². The molecule has 1 fully saturated rings. The van der Waals surface area contributed by atoms with Gasteiger partial charge in [-0.05, 0) is 68.4 Å². The van der Waals surface area contributed by atoms with Gasteiger partial charge in [-0.3, -0.25) is 10.1 Å². The average Bonchev–Trinajstić information content (AvgIpc) is 3.69. The number of hydrogen-bond donors (Lipinski definition) is 0. The fourth-order valence-corrected chi connectivity index (χ4v) is 4.83. The van der Waals surface area contributed by atoms with Crippen molar-refractivity contribution in [2.24, 2.45) is 0 Å². The van der Waals surface area contributed by atoms with E-state index < -0.39 is 10.8 Å². The molecule has 3 heterocycles. The zero-order valence-corrected chi connectivity index (χ0v) is 20.9. The van der Waals surface area contributed by atoms with Gasteiger partial charge in [0.15, 0.2) is 0 Å². The Balaban J connectivity index is 1.25. The predicted octanol–water partition coefficient (Wildman–Crippen LogP) is 5.51. The summed E-state index contributed by atoms with van der Waals surface area (Å²) in [6.07, 6.45) is 4.73. The first-order chi connectivity index (χ1) is 18.4. The zero-order chi connectivity index (χ0) is 26.4. The van der Waals surface area contributed by atoms with Gasteiger partial charge in [-0.2, -0.15) is 0 Å². The van der Waals surface area contributed by atoms with Crippen LogP contribution < -0.4 is 9.47 Å². The minimum Gasteiger partial charge on any atom is -0.471 e. The van der Waals surface area contributed by atoms with E-state index in [2.05, 4.69) is 41.1 Å². The molecule has 1 aliphatic carbocycles. The van der Waals surface area contributed by atoms with Gasteiger partial charge in [0.05, 0.1) is 11.8 Å². The van der Waals surface area contributed by atoms with E-state index in [1.54, 1.807) is 6.07 Å². The molecule has 0 bridgehead atoms. The summed E-state index contributed by atoms with van der Waals surface area (Å²) in [5, 5.41) is 15.3. The van der Waals surface area contributed by atoms with E-state index in [-0.39, 0.29) is 18.1 Å². The number of rotatable bonds is 6. The molecule has 0 radical (unpaired) electrons. The predicted molar refractivity (Wildman–Crippen MR) is 135 cm³/mol. The van der Waals surface area contributed by atoms with Crippen LogP contribution >= 0.6 is 0 Å². The number of nitrogens with zero attached hydrogens (tertiary/aromatic N) is 4. The Labute approximate surface area is 217 Å². The number of benzene rings is 2. The van der Waals surface area contributed by atoms with Crippen molar-refractivity contribution in [1.82, 2.24) is 15.1 Å². The summed E-state index contributed by atoms with van der Waals surface area (Å²) >= 11 is 0. The molecular formula is C28H24N4O6. The van der Waals surface area contributed by atoms with E-state index in [9.17, 15) is 14.9 Å². The van der Waals surface area contributed by atoms with Crippen LogP contribution in [0.15, 0.2) is 47.1 Å². The number of amides is 1. The fraction of sp³-hybridized carbons (Fsp3) is 0.286. The number of carbonyl (C=O) groups excluding carboxylic acids is 1. The molecule has 10 heteroatoms. The molecule has 1 amide bonds. The smallest absolute Gasteiger partial charge is 0.471 e. The molecule has 0 N–H and O–H groups in total. The van der Waals surface area contributed by atoms with Gasteiger partial charge in [-0.15, -0.1) is 0 Å². The molecule has 6 rings (SSSR count). The van der Waals surface area contributed by atoms with Crippen molar-refractivity contribution in [3.63, 3.8) is 0 Å². The summed E-state index contributed by atoms with van der Waals surface area (Å²) in [7, 11) is 0. The molecule has 192 valence electrons. The second-order valence-electron chi connectivity index (χ2n) is 9.65. The van der Waals surface area contributed by atoms with Crippen molar-refractivity contribution < 1.29 is 23.7 Å². The van der Waals surface area contributed by atoms with Crippen LogP contribution in [-0.2, 0) is 19.4 Å². The van der Waals surface area contributed by atoms with Gasteiger partial charge < -0.3 is 14.0 Å². The lowest BCUT2D eigenvalue weighted by molar-refractivity contribution is -0.375. The maximum atomic E-state index is 11.8. The van der Waals surface area contributed by atoms with Crippen molar-refractivity contribution in [3.05, 3.63) is 92.0 Å². The van der Waals surface area contributed by atoms with E-state index in [0.29, 0.717) is 36.1 Å². The molecule has 0 spiro atoms. The maximum Gasteiger partial charge on any atom is 0.476 e. The lowest BCUT2D eigenvalue weighted by Crippen LogP contribution is -2.11. The standard InChI is InChI=1S/C28H24N4O6/c1-15-4-3-5-16(2)24(15)25-20(26(38-31-25)18-7-8-18)14-36-23-13-29-27-21(30-23)11-10-17-6-9-19(12-22(17)37-27)28(33)32(34)35/h3-6,9,12-13,18H,7-8,10-11,14H2,1-2H3. The lowest BCUT2D eigenvalue weighted by atomic mass is 9.96. The topological polar surface area (TPSA) is 130 Å². The minimum atomic E-state index is -1.18. The molecule has 0 atom stereocenters. The van der Waals surface area contributed by atoms with E-state index in [1.807, 2.05) is 6.07 Å². The third-order valence-electron chi connectivity index (χ3n) is 6.95. The second kappa shape index (κ2) is 9.37. The van der Waals surface area contributed by atoms with Crippen LogP contribution in [0, 0.1) is 24.0 Å². The van der Waals surface area contributed by atoms with Crippen LogP contribution in [0.25, 0.3) is 11.3 Å². The van der Waals surface area contributed by atoms with Crippen LogP contribution in [0.1, 0.15) is 62.8 Å². The number of carbonyl (C=O) groups is 1. The Bertz CT molecular complexity index is 1570. The third kappa shape index (κ3) is 4.38. The van der Waals surface area contributed by atoms with Crippen LogP contribution in [0.5, 0.6) is 17.5 Å². The van der Waals surface area contributed by atoms with Crippen LogP contribution in [0.3, 0.4) is 0 Å². The molecule has 2 aliphatic rings. The van der Waals surface area contributed by atoms with Gasteiger partial charge >= 0.3 is 5.91 Å². The SMILES string of the molecule is Cc1cccc(C)c1-c1noc(C2CC2)c1COc1cnc2c(n1)CCc1ccc(C(=O)[N+](=O)[O-])cc1O2. The molecular weight excluding hydrogens is 488 g/mol. The lowest BCUT2D eigenvalue weighted by Gasteiger charge is -2.11. The highest BCUT2D eigenvalue weighted by molar-refractivity contribution is 5.88. The first-order valence-electron chi connectivity index (χ1n) is 12.4. The van der Waals surface area contributed by atoms with Crippen molar-refractivity contribution in [2.45, 2.75) is 52.1 Å². The largest absolute Gasteiger partial charge is 0.476 e. The summed E-state index contributed by atoms with van der Waals surface area (Å²) in [4.78, 5) is 30.8. The highest BCUT2D eigenvalue weighted by Crippen LogP contribution is 2.45. The molecule has 38 heavy (non-hydrogen) atoms. The summed E-state index contributed by atoms with van der Waals surface area (Å²) in [6.45, 7) is 4.36. The molecule has 1 saturated carbocycles. The summed E-state index contributed by atoms with van der Waals surface area (Å²) in [6, 6.07) is 10.6. The first kappa shape index (κ1) is 23.8. The van der Waals surface area contributed by atoms with Crippen molar-refractivity contribution in [2.75, 3.05) is 0 Å². The maximum absolute atomic E-state index is 11.8. The number of nitro groups is 1. The molecule has 0 saturated heterocycles. The molecule has 4 aromatic rings. The van der Waals surface area contributed by atoms with Crippen LogP contribution in [0.2, 0.25) is 0 Å². The average molecular weight is 513 g/mol. The Hall–Kier alpha value is -4.60. The molecule has 10 nitrogen and oxygen atoms in total. The molecule has 1 aliphatic heterocycles. The summed E-state index contributed by atoms with van der Waals surface area (Å²) in [5.74, 6) is 1.02.